The minimum Gasteiger partial charge on any atom is -0.353 e. The van der Waals surface area contributed by atoms with Crippen LogP contribution in [0.25, 0.3) is 6.08 Å². The molecule has 0 aliphatic heterocycles. The molecule has 2 N–H and O–H groups in total. The fraction of sp³-hybridized carbons (Fsp3) is 0.267. The second-order valence-corrected chi connectivity index (χ2v) is 4.22. The Kier molecular flexibility index (Phi) is 6.55. The normalized spacial score (nSPS) is 10.0. The zero-order chi connectivity index (χ0) is 14.8. The summed E-state index contributed by atoms with van der Waals surface area (Å²) in [7, 11) is 0. The molecule has 0 aliphatic carbocycles. The van der Waals surface area contributed by atoms with Crippen molar-refractivity contribution in [3.63, 3.8) is 0 Å². The van der Waals surface area contributed by atoms with Gasteiger partial charge in [0.2, 0.25) is 11.8 Å². The van der Waals surface area contributed by atoms with Crippen molar-refractivity contribution in [1.82, 2.24) is 10.6 Å². The molecule has 2 amide bonds. The average molecular weight is 271 g/mol. The summed E-state index contributed by atoms with van der Waals surface area (Å²) in [4.78, 5) is 22.5. The summed E-state index contributed by atoms with van der Waals surface area (Å²) in [5.41, 5.74) is 2.09. The molecule has 0 radical (unpaired) electrons. The van der Waals surface area contributed by atoms with Crippen LogP contribution in [0.4, 0.5) is 0 Å². The smallest absolute Gasteiger partial charge is 0.244 e. The van der Waals surface area contributed by atoms with Gasteiger partial charge in [-0.15, -0.1) is 0 Å². The third-order valence-electron chi connectivity index (χ3n) is 2.46. The lowest BCUT2D eigenvalue weighted by Crippen LogP contribution is -2.33. The molecule has 5 heteroatoms. The topological polar surface area (TPSA) is 82.0 Å². The van der Waals surface area contributed by atoms with Gasteiger partial charge in [-0.1, -0.05) is 29.8 Å². The predicted octanol–water partition coefficient (Wildman–Crippen LogP) is 1.15. The lowest BCUT2D eigenvalue weighted by Gasteiger charge is -2.03. The fourth-order valence-electron chi connectivity index (χ4n) is 1.53. The van der Waals surface area contributed by atoms with Crippen LogP contribution in [-0.4, -0.2) is 24.9 Å². The van der Waals surface area contributed by atoms with Crippen LogP contribution in [0.2, 0.25) is 0 Å². The van der Waals surface area contributed by atoms with Gasteiger partial charge in [0.25, 0.3) is 0 Å². The van der Waals surface area contributed by atoms with Gasteiger partial charge in [0.1, 0.15) is 6.42 Å². The number of nitrogens with one attached hydrogen (secondary N) is 2. The molecule has 0 atom stereocenters. The maximum atomic E-state index is 11.5. The number of aryl methyl sites for hydroxylation is 1. The molecule has 1 aromatic carbocycles. The first-order valence-electron chi connectivity index (χ1n) is 6.28. The van der Waals surface area contributed by atoms with E-state index >= 15 is 0 Å². The van der Waals surface area contributed by atoms with E-state index in [2.05, 4.69) is 10.6 Å². The molecular formula is C15H17N3O2. The Hall–Kier alpha value is -2.61. The quantitative estimate of drug-likeness (QED) is 0.601. The average Bonchev–Trinajstić information content (AvgIpc) is 2.42. The van der Waals surface area contributed by atoms with Crippen molar-refractivity contribution in [3.8, 4) is 6.07 Å². The Morgan fingerprint density at radius 2 is 2.05 bits per heavy atom. The van der Waals surface area contributed by atoms with E-state index in [0.29, 0.717) is 13.1 Å². The largest absolute Gasteiger partial charge is 0.353 e. The van der Waals surface area contributed by atoms with E-state index in [0.717, 1.165) is 11.1 Å². The van der Waals surface area contributed by atoms with Gasteiger partial charge < -0.3 is 10.6 Å². The number of nitriles is 1. The highest BCUT2D eigenvalue weighted by atomic mass is 16.2. The summed E-state index contributed by atoms with van der Waals surface area (Å²) in [6, 6.07) is 9.56. The van der Waals surface area contributed by atoms with Crippen LogP contribution in [0, 0.1) is 18.3 Å². The van der Waals surface area contributed by atoms with Crippen molar-refractivity contribution in [2.75, 3.05) is 13.1 Å². The van der Waals surface area contributed by atoms with Crippen LogP contribution < -0.4 is 10.6 Å². The molecule has 0 aliphatic rings. The molecular weight excluding hydrogens is 254 g/mol. The van der Waals surface area contributed by atoms with E-state index in [-0.39, 0.29) is 18.2 Å². The molecule has 0 fully saturated rings. The Labute approximate surface area is 118 Å². The van der Waals surface area contributed by atoms with E-state index in [4.69, 9.17) is 5.26 Å². The van der Waals surface area contributed by atoms with Crippen molar-refractivity contribution in [2.24, 2.45) is 0 Å². The number of nitrogens with zero attached hydrogens (tertiary/aromatic N) is 1. The Balaban J connectivity index is 2.27. The molecule has 0 aromatic heterocycles. The zero-order valence-electron chi connectivity index (χ0n) is 11.3. The van der Waals surface area contributed by atoms with Gasteiger partial charge in [-0.3, -0.25) is 9.59 Å². The van der Waals surface area contributed by atoms with Crippen molar-refractivity contribution in [3.05, 3.63) is 41.5 Å². The van der Waals surface area contributed by atoms with Gasteiger partial charge in [-0.25, -0.2) is 0 Å². The number of amides is 2. The minimum absolute atomic E-state index is 0.165. The first-order valence-corrected chi connectivity index (χ1v) is 6.28. The van der Waals surface area contributed by atoms with Crippen LogP contribution in [0.1, 0.15) is 17.5 Å². The highest BCUT2D eigenvalue weighted by Crippen LogP contribution is 2.05. The van der Waals surface area contributed by atoms with Crippen LogP contribution in [0.3, 0.4) is 0 Å². The number of hydrogen-bond acceptors (Lipinski definition) is 3. The molecule has 0 saturated carbocycles. The van der Waals surface area contributed by atoms with Gasteiger partial charge in [-0.05, 0) is 18.6 Å². The highest BCUT2D eigenvalue weighted by molar-refractivity contribution is 5.91. The van der Waals surface area contributed by atoms with Gasteiger partial charge in [-0.2, -0.15) is 5.26 Å². The summed E-state index contributed by atoms with van der Waals surface area (Å²) in [6.07, 6.45) is 3.02. The van der Waals surface area contributed by atoms with Crippen molar-refractivity contribution in [1.29, 1.82) is 5.26 Å². The number of rotatable bonds is 6. The van der Waals surface area contributed by atoms with Gasteiger partial charge in [0.15, 0.2) is 0 Å². The molecule has 1 aromatic rings. The van der Waals surface area contributed by atoms with Crippen LogP contribution >= 0.6 is 0 Å². The molecule has 0 heterocycles. The van der Waals surface area contributed by atoms with Gasteiger partial charge >= 0.3 is 0 Å². The first kappa shape index (κ1) is 15.4. The zero-order valence-corrected chi connectivity index (χ0v) is 11.3. The van der Waals surface area contributed by atoms with E-state index in [9.17, 15) is 9.59 Å². The molecule has 0 saturated heterocycles. The lowest BCUT2D eigenvalue weighted by molar-refractivity contribution is -0.120. The summed E-state index contributed by atoms with van der Waals surface area (Å²) >= 11 is 0. The third kappa shape index (κ3) is 6.36. The van der Waals surface area contributed by atoms with E-state index < -0.39 is 0 Å². The Bertz CT molecular complexity index is 544. The highest BCUT2D eigenvalue weighted by Gasteiger charge is 1.99. The summed E-state index contributed by atoms with van der Waals surface area (Å²) in [5, 5.41) is 13.5. The molecule has 0 bridgehead atoms. The molecule has 0 unspecified atom stereocenters. The Morgan fingerprint density at radius 1 is 1.30 bits per heavy atom. The van der Waals surface area contributed by atoms with Crippen molar-refractivity contribution < 1.29 is 9.59 Å². The predicted molar refractivity (Wildman–Crippen MR) is 76.5 cm³/mol. The fourth-order valence-corrected chi connectivity index (χ4v) is 1.53. The van der Waals surface area contributed by atoms with E-state index in [1.807, 2.05) is 31.2 Å². The minimum atomic E-state index is -0.336. The standard InChI is InChI=1S/C15H17N3O2/c1-12-3-2-4-13(11-12)5-6-14(19)17-9-10-18-15(20)7-8-16/h2-6,11H,7,9-10H2,1H3,(H,17,19)(H,18,20)/b6-5+. The number of hydrogen-bond donors (Lipinski definition) is 2. The van der Waals surface area contributed by atoms with Crippen LogP contribution in [0.5, 0.6) is 0 Å². The number of carbonyl (C=O) groups excluding carboxylic acids is 2. The summed E-state index contributed by atoms with van der Waals surface area (Å²) in [6.45, 7) is 2.63. The number of carbonyl (C=O) groups is 2. The SMILES string of the molecule is Cc1cccc(/C=C/C(=O)NCCNC(=O)CC#N)c1. The van der Waals surface area contributed by atoms with Crippen LogP contribution in [-0.2, 0) is 9.59 Å². The first-order chi connectivity index (χ1) is 9.61. The lowest BCUT2D eigenvalue weighted by atomic mass is 10.1. The maximum absolute atomic E-state index is 11.5. The van der Waals surface area contributed by atoms with Crippen LogP contribution in [0.15, 0.2) is 30.3 Å². The Morgan fingerprint density at radius 3 is 2.75 bits per heavy atom. The van der Waals surface area contributed by atoms with Crippen molar-refractivity contribution >= 4 is 17.9 Å². The molecule has 104 valence electrons. The maximum Gasteiger partial charge on any atom is 0.244 e. The van der Waals surface area contributed by atoms with Gasteiger partial charge in [0, 0.05) is 19.2 Å². The molecule has 5 nitrogen and oxygen atoms in total. The number of benzene rings is 1. The van der Waals surface area contributed by atoms with E-state index in [1.165, 1.54) is 6.08 Å². The van der Waals surface area contributed by atoms with Crippen molar-refractivity contribution in [2.45, 2.75) is 13.3 Å². The third-order valence-corrected chi connectivity index (χ3v) is 2.46. The monoisotopic (exact) mass is 271 g/mol. The molecule has 1 rings (SSSR count). The molecule has 20 heavy (non-hydrogen) atoms. The summed E-state index contributed by atoms with van der Waals surface area (Å²) in [5.74, 6) is -0.557. The molecule has 0 spiro atoms. The second-order valence-electron chi connectivity index (χ2n) is 4.22. The van der Waals surface area contributed by atoms with E-state index in [1.54, 1.807) is 12.1 Å². The van der Waals surface area contributed by atoms with Gasteiger partial charge in [0.05, 0.1) is 6.07 Å². The second kappa shape index (κ2) is 8.48. The summed E-state index contributed by atoms with van der Waals surface area (Å²) < 4.78 is 0.